The molecule has 0 amide bonds. The van der Waals surface area contributed by atoms with Gasteiger partial charge < -0.3 is 4.90 Å². The second kappa shape index (κ2) is 5.17. The van der Waals surface area contributed by atoms with E-state index in [4.69, 9.17) is 5.84 Å². The van der Waals surface area contributed by atoms with Crippen LogP contribution in [0.4, 0.5) is 20.5 Å². The zero-order valence-electron chi connectivity index (χ0n) is 7.91. The van der Waals surface area contributed by atoms with Crippen LogP contribution in [-0.2, 0) is 0 Å². The van der Waals surface area contributed by atoms with Gasteiger partial charge >= 0.3 is 0 Å². The summed E-state index contributed by atoms with van der Waals surface area (Å²) in [6.07, 6.45) is -0.981. The summed E-state index contributed by atoms with van der Waals surface area (Å²) < 4.78 is 24.8. The van der Waals surface area contributed by atoms with E-state index in [-0.39, 0.29) is 5.95 Å². The predicted octanol–water partition coefficient (Wildman–Crippen LogP) is 1.23. The molecule has 0 atom stereocenters. The quantitative estimate of drug-likeness (QED) is 0.642. The van der Waals surface area contributed by atoms with E-state index in [0.717, 1.165) is 0 Å². The van der Waals surface area contributed by atoms with Crippen molar-refractivity contribution in [1.82, 2.24) is 9.97 Å². The fraction of sp³-hybridized carbons (Fsp3) is 0.429. The topological polar surface area (TPSA) is 67.1 Å². The maximum absolute atomic E-state index is 12.1. The molecular formula is C7H10BrF2N5. The van der Waals surface area contributed by atoms with Crippen LogP contribution in [0.2, 0.25) is 0 Å². The number of nitrogens with one attached hydrogen (secondary N) is 1. The summed E-state index contributed by atoms with van der Waals surface area (Å²) in [5.74, 6) is 5.65. The summed E-state index contributed by atoms with van der Waals surface area (Å²) >= 11 is 3.17. The van der Waals surface area contributed by atoms with E-state index < -0.39 is 13.0 Å². The van der Waals surface area contributed by atoms with Gasteiger partial charge in [-0.2, -0.15) is 4.98 Å². The SMILES string of the molecule is CN(CC(F)F)c1nc(NN)ncc1Br. The molecule has 84 valence electrons. The number of halogens is 3. The average molecular weight is 282 g/mol. The third-order valence-corrected chi connectivity index (χ3v) is 2.19. The number of rotatable bonds is 4. The highest BCUT2D eigenvalue weighted by Gasteiger charge is 2.13. The number of hydrogen-bond acceptors (Lipinski definition) is 5. The third-order valence-electron chi connectivity index (χ3n) is 1.63. The summed E-state index contributed by atoms with van der Waals surface area (Å²) in [5, 5.41) is 0. The lowest BCUT2D eigenvalue weighted by Crippen LogP contribution is -2.26. The number of alkyl halides is 2. The Morgan fingerprint density at radius 2 is 2.33 bits per heavy atom. The van der Waals surface area contributed by atoms with Crippen LogP contribution in [0, 0.1) is 0 Å². The van der Waals surface area contributed by atoms with Crippen LogP contribution in [0.25, 0.3) is 0 Å². The Labute approximate surface area is 93.8 Å². The third kappa shape index (κ3) is 3.24. The lowest BCUT2D eigenvalue weighted by atomic mass is 10.5. The zero-order valence-corrected chi connectivity index (χ0v) is 9.50. The van der Waals surface area contributed by atoms with Crippen LogP contribution < -0.4 is 16.2 Å². The van der Waals surface area contributed by atoms with Crippen molar-refractivity contribution >= 4 is 27.7 Å². The maximum Gasteiger partial charge on any atom is 0.255 e. The van der Waals surface area contributed by atoms with Gasteiger partial charge in [0.25, 0.3) is 6.43 Å². The van der Waals surface area contributed by atoms with Crippen LogP contribution in [-0.4, -0.2) is 30.0 Å². The minimum Gasteiger partial charge on any atom is -0.353 e. The van der Waals surface area contributed by atoms with Crippen LogP contribution in [0.15, 0.2) is 10.7 Å². The van der Waals surface area contributed by atoms with Gasteiger partial charge in [-0.15, -0.1) is 0 Å². The van der Waals surface area contributed by atoms with E-state index in [0.29, 0.717) is 10.3 Å². The van der Waals surface area contributed by atoms with Crippen molar-refractivity contribution in [3.05, 3.63) is 10.7 Å². The molecule has 1 heterocycles. The van der Waals surface area contributed by atoms with E-state index in [1.165, 1.54) is 18.1 Å². The first-order valence-electron chi connectivity index (χ1n) is 4.03. The van der Waals surface area contributed by atoms with Crippen molar-refractivity contribution in [2.75, 3.05) is 23.9 Å². The average Bonchev–Trinajstić information content (AvgIpc) is 2.17. The number of hydrogen-bond donors (Lipinski definition) is 2. The normalized spacial score (nSPS) is 10.5. The number of nitrogens with zero attached hydrogens (tertiary/aromatic N) is 3. The van der Waals surface area contributed by atoms with Gasteiger partial charge in [0.15, 0.2) is 0 Å². The molecule has 0 radical (unpaired) electrons. The molecule has 0 unspecified atom stereocenters. The summed E-state index contributed by atoms with van der Waals surface area (Å²) in [6, 6.07) is 0. The second-order valence-corrected chi connectivity index (χ2v) is 3.64. The molecule has 5 nitrogen and oxygen atoms in total. The van der Waals surface area contributed by atoms with Gasteiger partial charge in [-0.3, -0.25) is 5.43 Å². The fourth-order valence-corrected chi connectivity index (χ4v) is 1.48. The van der Waals surface area contributed by atoms with Gasteiger partial charge in [0.2, 0.25) is 5.95 Å². The Morgan fingerprint density at radius 1 is 1.67 bits per heavy atom. The van der Waals surface area contributed by atoms with E-state index in [1.807, 2.05) is 0 Å². The number of nitrogen functional groups attached to an aromatic ring is 1. The highest BCUT2D eigenvalue weighted by molar-refractivity contribution is 9.10. The van der Waals surface area contributed by atoms with Gasteiger partial charge in [-0.25, -0.2) is 19.6 Å². The molecule has 0 aromatic carbocycles. The molecule has 0 saturated carbocycles. The molecule has 0 saturated heterocycles. The molecule has 8 heteroatoms. The smallest absolute Gasteiger partial charge is 0.255 e. The van der Waals surface area contributed by atoms with Gasteiger partial charge in [-0.1, -0.05) is 0 Å². The molecule has 1 aromatic rings. The first-order chi connectivity index (χ1) is 7.04. The van der Waals surface area contributed by atoms with E-state index >= 15 is 0 Å². The molecule has 0 fully saturated rings. The summed E-state index contributed by atoms with van der Waals surface area (Å²) in [4.78, 5) is 9.07. The number of nitrogens with two attached hydrogens (primary N) is 1. The Hall–Kier alpha value is -1.02. The molecule has 0 aliphatic carbocycles. The lowest BCUT2D eigenvalue weighted by molar-refractivity contribution is 0.156. The Balaban J connectivity index is 2.91. The van der Waals surface area contributed by atoms with E-state index in [9.17, 15) is 8.78 Å². The van der Waals surface area contributed by atoms with Crippen LogP contribution >= 0.6 is 15.9 Å². The predicted molar refractivity (Wildman–Crippen MR) is 56.8 cm³/mol. The highest BCUT2D eigenvalue weighted by atomic mass is 79.9. The molecular weight excluding hydrogens is 272 g/mol. The van der Waals surface area contributed by atoms with Gasteiger partial charge in [0.1, 0.15) is 5.82 Å². The highest BCUT2D eigenvalue weighted by Crippen LogP contribution is 2.23. The maximum atomic E-state index is 12.1. The summed E-state index contributed by atoms with van der Waals surface area (Å²) in [6.45, 7) is -0.403. The summed E-state index contributed by atoms with van der Waals surface area (Å²) in [7, 11) is 1.51. The van der Waals surface area contributed by atoms with Crippen LogP contribution in [0.3, 0.4) is 0 Å². The zero-order chi connectivity index (χ0) is 11.4. The molecule has 0 bridgehead atoms. The Bertz CT molecular complexity index is 335. The van der Waals surface area contributed by atoms with Crippen molar-refractivity contribution < 1.29 is 8.78 Å². The van der Waals surface area contributed by atoms with Crippen LogP contribution in [0.5, 0.6) is 0 Å². The molecule has 0 aliphatic heterocycles. The van der Waals surface area contributed by atoms with Crippen molar-refractivity contribution in [1.29, 1.82) is 0 Å². The minimum absolute atomic E-state index is 0.175. The Kier molecular flexibility index (Phi) is 4.15. The van der Waals surface area contributed by atoms with Crippen molar-refractivity contribution in [3.63, 3.8) is 0 Å². The molecule has 0 aliphatic rings. The first-order valence-corrected chi connectivity index (χ1v) is 4.82. The molecule has 1 rings (SSSR count). The van der Waals surface area contributed by atoms with Gasteiger partial charge in [0, 0.05) is 13.2 Å². The molecule has 3 N–H and O–H groups in total. The van der Waals surface area contributed by atoms with Crippen molar-refractivity contribution in [2.45, 2.75) is 6.43 Å². The summed E-state index contributed by atoms with van der Waals surface area (Å²) in [5.41, 5.74) is 2.25. The van der Waals surface area contributed by atoms with Gasteiger partial charge in [-0.05, 0) is 15.9 Å². The second-order valence-electron chi connectivity index (χ2n) is 2.78. The molecule has 15 heavy (non-hydrogen) atoms. The van der Waals surface area contributed by atoms with E-state index in [1.54, 1.807) is 0 Å². The number of hydrazine groups is 1. The lowest BCUT2D eigenvalue weighted by Gasteiger charge is -2.18. The largest absolute Gasteiger partial charge is 0.353 e. The first kappa shape index (κ1) is 12.1. The Morgan fingerprint density at radius 3 is 2.87 bits per heavy atom. The standard InChI is InChI=1S/C7H10BrF2N5/c1-15(3-5(9)10)6-4(8)2-12-7(13-6)14-11/h2,5H,3,11H2,1H3,(H,12,13,14). The molecule has 0 spiro atoms. The monoisotopic (exact) mass is 281 g/mol. The number of aromatic nitrogens is 2. The van der Waals surface area contributed by atoms with Crippen LogP contribution in [0.1, 0.15) is 0 Å². The molecule has 1 aromatic heterocycles. The van der Waals surface area contributed by atoms with Gasteiger partial charge in [0.05, 0.1) is 11.0 Å². The van der Waals surface area contributed by atoms with Crippen molar-refractivity contribution in [2.24, 2.45) is 5.84 Å². The number of anilines is 2. The minimum atomic E-state index is -2.42. The van der Waals surface area contributed by atoms with Crippen molar-refractivity contribution in [3.8, 4) is 0 Å². The fourth-order valence-electron chi connectivity index (χ4n) is 0.989. The van der Waals surface area contributed by atoms with E-state index in [2.05, 4.69) is 31.3 Å².